The number of piperazine rings is 1. The predicted molar refractivity (Wildman–Crippen MR) is 111 cm³/mol. The Kier molecular flexibility index (Phi) is 5.49. The molecule has 1 aliphatic rings. The third kappa shape index (κ3) is 4.03. The summed E-state index contributed by atoms with van der Waals surface area (Å²) < 4.78 is 4.31. The van der Waals surface area contributed by atoms with Gasteiger partial charge in [-0.15, -0.1) is 11.3 Å². The Bertz CT molecular complexity index is 915. The third-order valence-electron chi connectivity index (χ3n) is 5.08. The molecule has 1 atom stereocenters. The van der Waals surface area contributed by atoms with Crippen LogP contribution in [0.3, 0.4) is 0 Å². The summed E-state index contributed by atoms with van der Waals surface area (Å²) in [6, 6.07) is 6.35. The van der Waals surface area contributed by atoms with Crippen molar-refractivity contribution in [2.24, 2.45) is 0 Å². The van der Waals surface area contributed by atoms with E-state index < -0.39 is 0 Å². The van der Waals surface area contributed by atoms with Gasteiger partial charge in [-0.25, -0.2) is 4.98 Å². The minimum Gasteiger partial charge on any atom is -0.350 e. The Morgan fingerprint density at radius 3 is 2.89 bits per heavy atom. The third-order valence-corrected chi connectivity index (χ3v) is 6.92. The van der Waals surface area contributed by atoms with Crippen LogP contribution in [0, 0.1) is 6.92 Å². The Labute approximate surface area is 167 Å². The zero-order valence-corrected chi connectivity index (χ0v) is 17.1. The van der Waals surface area contributed by atoms with Gasteiger partial charge in [-0.1, -0.05) is 6.07 Å². The number of carbonyl (C=O) groups is 1. The van der Waals surface area contributed by atoms with Gasteiger partial charge in [-0.2, -0.15) is 4.37 Å². The number of pyridine rings is 1. The van der Waals surface area contributed by atoms with Gasteiger partial charge in [0.15, 0.2) is 0 Å². The van der Waals surface area contributed by atoms with Gasteiger partial charge in [0.25, 0.3) is 5.91 Å². The van der Waals surface area contributed by atoms with Gasteiger partial charge in [0.2, 0.25) is 0 Å². The molecule has 0 spiro atoms. The highest BCUT2D eigenvalue weighted by Gasteiger charge is 2.25. The molecule has 0 bridgehead atoms. The number of amides is 1. The standard InChI is InChI=1S/C19H23N5OS2/c1-13-15-10-14(11-21-19(15)27-22-13)18(25)20-12-16(17-4-3-9-26-17)24-7-5-23(2)6-8-24/h3-4,9-11,16H,5-8,12H2,1-2H3,(H,20,25). The molecule has 1 amide bonds. The molecule has 8 heteroatoms. The highest BCUT2D eigenvalue weighted by atomic mass is 32.1. The molecule has 0 aliphatic carbocycles. The van der Waals surface area contributed by atoms with E-state index in [1.807, 2.05) is 13.0 Å². The molecule has 27 heavy (non-hydrogen) atoms. The quantitative estimate of drug-likeness (QED) is 0.712. The topological polar surface area (TPSA) is 61.4 Å². The molecule has 0 radical (unpaired) electrons. The number of hydrogen-bond acceptors (Lipinski definition) is 7. The molecule has 6 nitrogen and oxygen atoms in total. The molecule has 142 valence electrons. The first-order chi connectivity index (χ1) is 13.1. The Hall–Kier alpha value is -1.87. The summed E-state index contributed by atoms with van der Waals surface area (Å²) in [7, 11) is 2.16. The van der Waals surface area contributed by atoms with Crippen molar-refractivity contribution < 1.29 is 4.79 Å². The number of fused-ring (bicyclic) bond motifs is 1. The van der Waals surface area contributed by atoms with Crippen LogP contribution in [0.2, 0.25) is 0 Å². The van der Waals surface area contributed by atoms with Gasteiger partial charge in [-0.05, 0) is 43.0 Å². The minimum absolute atomic E-state index is 0.0781. The summed E-state index contributed by atoms with van der Waals surface area (Å²) in [6.07, 6.45) is 1.64. The number of likely N-dealkylation sites (N-methyl/N-ethyl adjacent to an activating group) is 1. The first-order valence-corrected chi connectivity index (χ1v) is 10.7. The van der Waals surface area contributed by atoms with Crippen LogP contribution >= 0.6 is 22.9 Å². The number of hydrogen-bond donors (Lipinski definition) is 1. The summed E-state index contributed by atoms with van der Waals surface area (Å²) in [5.74, 6) is -0.0781. The number of thiophene rings is 1. The maximum atomic E-state index is 12.7. The van der Waals surface area contributed by atoms with Crippen molar-refractivity contribution >= 4 is 39.0 Å². The molecule has 4 heterocycles. The van der Waals surface area contributed by atoms with Gasteiger partial charge < -0.3 is 10.2 Å². The van der Waals surface area contributed by atoms with Crippen LogP contribution in [-0.2, 0) is 0 Å². The fraction of sp³-hybridized carbons (Fsp3) is 0.421. The van der Waals surface area contributed by atoms with E-state index >= 15 is 0 Å². The van der Waals surface area contributed by atoms with Crippen LogP contribution in [0.15, 0.2) is 29.8 Å². The van der Waals surface area contributed by atoms with Crippen LogP contribution in [0.4, 0.5) is 0 Å². The highest BCUT2D eigenvalue weighted by molar-refractivity contribution is 7.12. The van der Waals surface area contributed by atoms with E-state index in [0.29, 0.717) is 12.1 Å². The van der Waals surface area contributed by atoms with Crippen molar-refractivity contribution in [1.82, 2.24) is 24.5 Å². The van der Waals surface area contributed by atoms with Crippen molar-refractivity contribution in [3.63, 3.8) is 0 Å². The fourth-order valence-corrected chi connectivity index (χ4v) is 4.97. The van der Waals surface area contributed by atoms with Crippen molar-refractivity contribution in [2.75, 3.05) is 39.8 Å². The molecule has 1 saturated heterocycles. The van der Waals surface area contributed by atoms with E-state index in [1.165, 1.54) is 16.4 Å². The van der Waals surface area contributed by atoms with Crippen molar-refractivity contribution in [1.29, 1.82) is 0 Å². The van der Waals surface area contributed by atoms with E-state index in [-0.39, 0.29) is 11.9 Å². The summed E-state index contributed by atoms with van der Waals surface area (Å²) >= 11 is 3.12. The number of nitrogens with zero attached hydrogens (tertiary/aromatic N) is 4. The number of nitrogens with one attached hydrogen (secondary N) is 1. The van der Waals surface area contributed by atoms with E-state index in [4.69, 9.17) is 0 Å². The second-order valence-electron chi connectivity index (χ2n) is 6.93. The van der Waals surface area contributed by atoms with Crippen molar-refractivity contribution in [3.05, 3.63) is 45.9 Å². The van der Waals surface area contributed by atoms with Crippen molar-refractivity contribution in [3.8, 4) is 0 Å². The zero-order valence-electron chi connectivity index (χ0n) is 15.5. The predicted octanol–water partition coefficient (Wildman–Crippen LogP) is 2.78. The number of aromatic nitrogens is 2. The minimum atomic E-state index is -0.0781. The average Bonchev–Trinajstić information content (AvgIpc) is 3.33. The number of aryl methyl sites for hydroxylation is 1. The Morgan fingerprint density at radius 1 is 1.33 bits per heavy atom. The molecule has 4 rings (SSSR count). The summed E-state index contributed by atoms with van der Waals surface area (Å²) in [5, 5.41) is 6.19. The van der Waals surface area contributed by atoms with Crippen LogP contribution in [0.1, 0.15) is 27.0 Å². The van der Waals surface area contributed by atoms with Crippen molar-refractivity contribution in [2.45, 2.75) is 13.0 Å². The van der Waals surface area contributed by atoms with Crippen LogP contribution in [0.25, 0.3) is 10.2 Å². The molecule has 0 aromatic carbocycles. The molecule has 1 fully saturated rings. The highest BCUT2D eigenvalue weighted by Crippen LogP contribution is 2.26. The van der Waals surface area contributed by atoms with E-state index in [9.17, 15) is 4.79 Å². The summed E-state index contributed by atoms with van der Waals surface area (Å²) in [6.45, 7) is 6.69. The van der Waals surface area contributed by atoms with E-state index in [2.05, 4.69) is 49.0 Å². The van der Waals surface area contributed by atoms with E-state index in [0.717, 1.165) is 42.1 Å². The molecule has 3 aromatic rings. The first-order valence-electron chi connectivity index (χ1n) is 9.08. The lowest BCUT2D eigenvalue weighted by Gasteiger charge is -2.37. The van der Waals surface area contributed by atoms with Gasteiger partial charge >= 0.3 is 0 Å². The monoisotopic (exact) mass is 401 g/mol. The Morgan fingerprint density at radius 2 is 2.15 bits per heavy atom. The number of rotatable bonds is 5. The maximum Gasteiger partial charge on any atom is 0.252 e. The SMILES string of the molecule is Cc1nsc2ncc(C(=O)NCC(c3cccs3)N3CCN(C)CC3)cc12. The molecule has 1 aliphatic heterocycles. The van der Waals surface area contributed by atoms with Gasteiger partial charge in [0.1, 0.15) is 4.83 Å². The van der Waals surface area contributed by atoms with E-state index in [1.54, 1.807) is 17.5 Å². The molecule has 3 aromatic heterocycles. The van der Waals surface area contributed by atoms with Gasteiger partial charge in [-0.3, -0.25) is 9.69 Å². The largest absolute Gasteiger partial charge is 0.350 e. The number of carbonyl (C=O) groups excluding carboxylic acids is 1. The lowest BCUT2D eigenvalue weighted by molar-refractivity contribution is 0.0890. The Balaban J connectivity index is 1.47. The zero-order chi connectivity index (χ0) is 18.8. The molecule has 1 N–H and O–H groups in total. The summed E-state index contributed by atoms with van der Waals surface area (Å²) in [5.41, 5.74) is 1.51. The lowest BCUT2D eigenvalue weighted by atomic mass is 10.1. The van der Waals surface area contributed by atoms with Crippen LogP contribution in [-0.4, -0.2) is 64.8 Å². The van der Waals surface area contributed by atoms with Crippen LogP contribution in [0.5, 0.6) is 0 Å². The van der Waals surface area contributed by atoms with Gasteiger partial charge in [0.05, 0.1) is 17.3 Å². The maximum absolute atomic E-state index is 12.7. The average molecular weight is 402 g/mol. The second kappa shape index (κ2) is 8.02. The lowest BCUT2D eigenvalue weighted by Crippen LogP contribution is -2.48. The molecule has 0 saturated carbocycles. The molecule has 1 unspecified atom stereocenters. The van der Waals surface area contributed by atoms with Crippen LogP contribution < -0.4 is 5.32 Å². The smallest absolute Gasteiger partial charge is 0.252 e. The fourth-order valence-electron chi connectivity index (χ4n) is 3.38. The van der Waals surface area contributed by atoms with Gasteiger partial charge in [0, 0.05) is 49.2 Å². The molecular weight excluding hydrogens is 378 g/mol. The first kappa shape index (κ1) is 18.5. The molecular formula is C19H23N5OS2. The summed E-state index contributed by atoms with van der Waals surface area (Å²) in [4.78, 5) is 24.1. The second-order valence-corrected chi connectivity index (χ2v) is 8.66. The normalized spacial score (nSPS) is 17.3.